The van der Waals surface area contributed by atoms with Crippen molar-refractivity contribution in [2.45, 2.75) is 19.4 Å². The van der Waals surface area contributed by atoms with Crippen molar-refractivity contribution in [1.82, 2.24) is 0 Å². The summed E-state index contributed by atoms with van der Waals surface area (Å²) in [6, 6.07) is 3.67. The van der Waals surface area contributed by atoms with Crippen LogP contribution in [0, 0.1) is 10.7 Å². The molecule has 1 N–H and O–H groups in total. The maximum absolute atomic E-state index is 11.8. The van der Waals surface area contributed by atoms with E-state index in [0.717, 1.165) is 22.9 Å². The molecule has 0 unspecified atom stereocenters. The Kier molecular flexibility index (Phi) is 8.55. The molecule has 0 saturated carbocycles. The second-order valence-electron chi connectivity index (χ2n) is 5.36. The van der Waals surface area contributed by atoms with Crippen LogP contribution in [0.15, 0.2) is 24.3 Å². The molecule has 138 valence electrons. The first-order valence-corrected chi connectivity index (χ1v) is 11.4. The summed E-state index contributed by atoms with van der Waals surface area (Å²) < 4.78 is 43.1. The van der Waals surface area contributed by atoms with Crippen LogP contribution < -0.4 is 4.74 Å². The van der Waals surface area contributed by atoms with Crippen molar-refractivity contribution < 1.29 is 32.0 Å². The Balaban J connectivity index is 2.73. The van der Waals surface area contributed by atoms with Gasteiger partial charge < -0.3 is 9.47 Å². The van der Waals surface area contributed by atoms with Crippen molar-refractivity contribution in [2.24, 2.45) is 0 Å². The number of halogens is 3. The molecule has 0 radical (unpaired) electrons. The quantitative estimate of drug-likeness (QED) is 0.159. The lowest BCUT2D eigenvalue weighted by Crippen LogP contribution is -2.35. The minimum Gasteiger partial charge on any atom is -0.455 e. The highest BCUT2D eigenvalue weighted by molar-refractivity contribution is 14.1. The van der Waals surface area contributed by atoms with E-state index < -0.39 is 33.4 Å². The van der Waals surface area contributed by atoms with Crippen LogP contribution in [0.5, 0.6) is 5.75 Å². The smallest absolute Gasteiger partial charge is 0.336 e. The fourth-order valence-electron chi connectivity index (χ4n) is 1.67. The van der Waals surface area contributed by atoms with E-state index >= 15 is 0 Å². The Bertz CT molecular complexity index is 793. The number of rotatable bonds is 6. The van der Waals surface area contributed by atoms with Gasteiger partial charge in [-0.2, -0.15) is 8.42 Å². The van der Waals surface area contributed by atoms with Gasteiger partial charge in [0.15, 0.2) is 5.75 Å². The maximum atomic E-state index is 11.8. The average molecular weight is 706 g/mol. The molecule has 0 aliphatic carbocycles. The maximum Gasteiger partial charge on any atom is 0.336 e. The van der Waals surface area contributed by atoms with Crippen LogP contribution in [0.4, 0.5) is 0 Å². The molecule has 0 bridgehead atoms. The summed E-state index contributed by atoms with van der Waals surface area (Å²) in [7, 11) is -4.31. The van der Waals surface area contributed by atoms with Gasteiger partial charge in [-0.3, -0.25) is 4.55 Å². The molecule has 0 amide bonds. The molecular weight excluding hydrogens is 693 g/mol. The highest BCUT2D eigenvalue weighted by atomic mass is 127. The van der Waals surface area contributed by atoms with Gasteiger partial charge in [0.2, 0.25) is 0 Å². The number of carbonyl (C=O) groups excluding carboxylic acids is 2. The van der Waals surface area contributed by atoms with Crippen LogP contribution in [0.25, 0.3) is 0 Å². The molecular formula is C14H13I3O7S. The van der Waals surface area contributed by atoms with E-state index in [1.165, 1.54) is 13.8 Å². The van der Waals surface area contributed by atoms with E-state index in [2.05, 4.69) is 22.6 Å². The normalized spacial score (nSPS) is 12.2. The second kappa shape index (κ2) is 9.27. The number of hydrogen-bond acceptors (Lipinski definition) is 6. The Hall–Kier alpha value is 0.000000000000000222. The Morgan fingerprint density at radius 3 is 2.08 bits per heavy atom. The van der Waals surface area contributed by atoms with Crippen molar-refractivity contribution in [1.29, 1.82) is 0 Å². The third-order valence-corrected chi connectivity index (χ3v) is 5.71. The fourth-order valence-corrected chi connectivity index (χ4v) is 6.41. The lowest BCUT2D eigenvalue weighted by molar-refractivity contribution is -0.148. The first-order chi connectivity index (χ1) is 11.3. The van der Waals surface area contributed by atoms with E-state index in [-0.39, 0.29) is 0 Å². The molecule has 0 aromatic heterocycles. The van der Waals surface area contributed by atoms with Crippen LogP contribution >= 0.6 is 67.8 Å². The van der Waals surface area contributed by atoms with E-state index in [9.17, 15) is 18.0 Å². The summed E-state index contributed by atoms with van der Waals surface area (Å²) in [6.07, 6.45) is 1.72. The minimum atomic E-state index is -4.31. The lowest BCUT2D eigenvalue weighted by Gasteiger charge is -2.22. The van der Waals surface area contributed by atoms with Gasteiger partial charge >= 0.3 is 11.9 Å². The monoisotopic (exact) mass is 706 g/mol. The highest BCUT2D eigenvalue weighted by Crippen LogP contribution is 2.29. The molecule has 0 aliphatic heterocycles. The average Bonchev–Trinajstić information content (AvgIpc) is 2.37. The third-order valence-electron chi connectivity index (χ3n) is 2.43. The number of carbonyl (C=O) groups is 2. The molecule has 0 fully saturated rings. The molecule has 1 aromatic rings. The topological polar surface area (TPSA) is 107 Å². The van der Waals surface area contributed by atoms with Gasteiger partial charge in [0.1, 0.15) is 11.4 Å². The zero-order valence-electron chi connectivity index (χ0n) is 13.0. The molecule has 0 atom stereocenters. The summed E-state index contributed by atoms with van der Waals surface area (Å²) in [4.78, 5) is 23.5. The second-order valence-corrected chi connectivity index (χ2v) is 10.4. The van der Waals surface area contributed by atoms with Crippen molar-refractivity contribution in [3.05, 3.63) is 35.0 Å². The first-order valence-electron chi connectivity index (χ1n) is 6.52. The van der Waals surface area contributed by atoms with Crippen molar-refractivity contribution in [3.63, 3.8) is 0 Å². The lowest BCUT2D eigenvalue weighted by atomic mass is 10.2. The Morgan fingerprint density at radius 2 is 1.60 bits per heavy atom. The van der Waals surface area contributed by atoms with Gasteiger partial charge in [0.25, 0.3) is 10.1 Å². The molecule has 25 heavy (non-hydrogen) atoms. The summed E-state index contributed by atoms with van der Waals surface area (Å²) in [5.74, 6) is -2.08. The van der Waals surface area contributed by atoms with Crippen molar-refractivity contribution in [3.8, 4) is 5.75 Å². The van der Waals surface area contributed by atoms with Gasteiger partial charge in [-0.25, -0.2) is 9.59 Å². The number of ether oxygens (including phenoxy) is 2. The van der Waals surface area contributed by atoms with E-state index in [1.54, 1.807) is 0 Å². The molecule has 0 spiro atoms. The number of benzene rings is 1. The van der Waals surface area contributed by atoms with Crippen LogP contribution in [-0.4, -0.2) is 36.3 Å². The van der Waals surface area contributed by atoms with Crippen LogP contribution in [0.3, 0.4) is 0 Å². The largest absolute Gasteiger partial charge is 0.455 e. The molecule has 11 heteroatoms. The summed E-state index contributed by atoms with van der Waals surface area (Å²) >= 11 is 6.21. The van der Waals surface area contributed by atoms with Gasteiger partial charge in [-0.05, 0) is 93.8 Å². The standard InChI is InChI=1S/C14H13I3O7S/c1-14(2,7-25(20,21)22)24-12(19)4-3-11(18)23-13-9(16)5-8(15)6-10(13)17/h3-6H,7H2,1-2H3,(H,20,21,22)/b4-3+. The molecule has 0 saturated heterocycles. The zero-order valence-corrected chi connectivity index (χ0v) is 20.2. The third kappa shape index (κ3) is 8.96. The predicted octanol–water partition coefficient (Wildman–Crippen LogP) is 3.17. The van der Waals surface area contributed by atoms with Crippen LogP contribution in [-0.2, 0) is 24.4 Å². The predicted molar refractivity (Wildman–Crippen MR) is 116 cm³/mol. The van der Waals surface area contributed by atoms with Gasteiger partial charge in [0.05, 0.1) is 7.14 Å². The minimum absolute atomic E-state index is 0.385. The van der Waals surface area contributed by atoms with Crippen molar-refractivity contribution >= 4 is 89.8 Å². The van der Waals surface area contributed by atoms with Crippen LogP contribution in [0.1, 0.15) is 13.8 Å². The Morgan fingerprint density at radius 1 is 1.12 bits per heavy atom. The molecule has 7 nitrogen and oxygen atoms in total. The molecule has 1 aromatic carbocycles. The van der Waals surface area contributed by atoms with Gasteiger partial charge in [-0.1, -0.05) is 0 Å². The van der Waals surface area contributed by atoms with Crippen molar-refractivity contribution in [2.75, 3.05) is 5.75 Å². The summed E-state index contributed by atoms with van der Waals surface area (Å²) in [6.45, 7) is 2.64. The first kappa shape index (κ1) is 23.0. The molecule has 1 rings (SSSR count). The van der Waals surface area contributed by atoms with E-state index in [4.69, 9.17) is 14.0 Å². The highest BCUT2D eigenvalue weighted by Gasteiger charge is 2.28. The van der Waals surface area contributed by atoms with Gasteiger partial charge in [-0.15, -0.1) is 0 Å². The van der Waals surface area contributed by atoms with Crippen LogP contribution in [0.2, 0.25) is 0 Å². The summed E-state index contributed by atoms with van der Waals surface area (Å²) in [5.41, 5.74) is -1.44. The summed E-state index contributed by atoms with van der Waals surface area (Å²) in [5, 5.41) is 0. The zero-order chi connectivity index (χ0) is 19.4. The number of hydrogen-bond donors (Lipinski definition) is 1. The fraction of sp³-hybridized carbons (Fsp3) is 0.286. The Labute approximate surface area is 186 Å². The molecule has 0 heterocycles. The van der Waals surface area contributed by atoms with E-state index in [1.807, 2.05) is 57.3 Å². The van der Waals surface area contributed by atoms with Gasteiger partial charge in [0, 0.05) is 15.7 Å². The molecule has 0 aliphatic rings. The SMILES string of the molecule is CC(C)(CS(=O)(=O)O)OC(=O)/C=C/C(=O)Oc1c(I)cc(I)cc1I. The van der Waals surface area contributed by atoms with E-state index in [0.29, 0.717) is 5.75 Å². The number of esters is 2.